The third-order valence-corrected chi connectivity index (χ3v) is 2.72. The van der Waals surface area contributed by atoms with Crippen LogP contribution in [0.1, 0.15) is 25.5 Å². The second-order valence-electron chi connectivity index (χ2n) is 4.10. The molecule has 0 saturated heterocycles. The molecule has 2 N–H and O–H groups in total. The molecule has 2 heterocycles. The first-order valence-corrected chi connectivity index (χ1v) is 5.55. The van der Waals surface area contributed by atoms with Crippen molar-refractivity contribution >= 4 is 11.2 Å². The molecule has 0 amide bonds. The summed E-state index contributed by atoms with van der Waals surface area (Å²) in [5, 5.41) is 8.93. The molecular weight excluding hydrogens is 204 g/mol. The fraction of sp³-hybridized carbons (Fsp3) is 0.545. The first-order valence-electron chi connectivity index (χ1n) is 5.55. The molecule has 0 aromatic carbocycles. The van der Waals surface area contributed by atoms with Gasteiger partial charge < -0.3 is 10.1 Å². The zero-order chi connectivity index (χ0) is 11.4. The minimum absolute atomic E-state index is 0.253. The van der Waals surface area contributed by atoms with Crippen LogP contribution in [-0.2, 0) is 6.42 Å². The van der Waals surface area contributed by atoms with Gasteiger partial charge in [0.2, 0.25) is 0 Å². The smallest absolute Gasteiger partial charge is 0.180 e. The highest BCUT2D eigenvalue weighted by atomic mass is 16.3. The number of nitrogens with zero attached hydrogens (tertiary/aromatic N) is 3. The maximum absolute atomic E-state index is 8.93. The van der Waals surface area contributed by atoms with Gasteiger partial charge >= 0.3 is 0 Å². The molecule has 0 aliphatic heterocycles. The Hall–Kier alpha value is -1.49. The zero-order valence-electron chi connectivity index (χ0n) is 9.35. The lowest BCUT2D eigenvalue weighted by atomic mass is 10.0. The molecule has 0 radical (unpaired) electrons. The van der Waals surface area contributed by atoms with Crippen LogP contribution in [0, 0.1) is 5.92 Å². The van der Waals surface area contributed by atoms with E-state index in [4.69, 9.17) is 5.11 Å². The van der Waals surface area contributed by atoms with E-state index in [0.717, 1.165) is 36.1 Å². The molecule has 1 unspecified atom stereocenters. The summed E-state index contributed by atoms with van der Waals surface area (Å²) in [5.41, 5.74) is 2.66. The first kappa shape index (κ1) is 11.0. The van der Waals surface area contributed by atoms with E-state index in [0.29, 0.717) is 5.92 Å². The van der Waals surface area contributed by atoms with Crippen molar-refractivity contribution in [2.45, 2.75) is 26.2 Å². The number of fused-ring (bicyclic) bond motifs is 1. The first-order chi connectivity index (χ1) is 7.81. The number of aromatic nitrogens is 4. The Balaban J connectivity index is 2.01. The number of hydrogen-bond donors (Lipinski definition) is 2. The van der Waals surface area contributed by atoms with E-state index < -0.39 is 0 Å². The van der Waals surface area contributed by atoms with Crippen molar-refractivity contribution in [3.63, 3.8) is 0 Å². The Labute approximate surface area is 94.0 Å². The number of imidazole rings is 1. The second-order valence-corrected chi connectivity index (χ2v) is 4.10. The van der Waals surface area contributed by atoms with Gasteiger partial charge in [0.15, 0.2) is 5.65 Å². The Morgan fingerprint density at radius 1 is 1.38 bits per heavy atom. The van der Waals surface area contributed by atoms with Gasteiger partial charge in [-0.05, 0) is 25.2 Å². The predicted octanol–water partition coefficient (Wildman–Crippen LogP) is 1.30. The van der Waals surface area contributed by atoms with E-state index in [9.17, 15) is 0 Å². The summed E-state index contributed by atoms with van der Waals surface area (Å²) in [6, 6.07) is 0. The number of aryl methyl sites for hydroxylation is 1. The van der Waals surface area contributed by atoms with Crippen molar-refractivity contribution < 1.29 is 5.11 Å². The quantitative estimate of drug-likeness (QED) is 0.796. The minimum atomic E-state index is 0.253. The fourth-order valence-corrected chi connectivity index (χ4v) is 1.71. The van der Waals surface area contributed by atoms with Crippen molar-refractivity contribution in [2.24, 2.45) is 5.92 Å². The number of aliphatic hydroxyl groups excluding tert-OH is 1. The van der Waals surface area contributed by atoms with Crippen LogP contribution < -0.4 is 0 Å². The van der Waals surface area contributed by atoms with Crippen LogP contribution in [0.2, 0.25) is 0 Å². The largest absolute Gasteiger partial charge is 0.396 e. The number of H-pyrrole nitrogens is 1. The normalized spacial score (nSPS) is 13.1. The SMILES string of the molecule is CC(CO)CCCc1ncnc2nc[nH]c12. The van der Waals surface area contributed by atoms with Crippen LogP contribution in [0.5, 0.6) is 0 Å². The fourth-order valence-electron chi connectivity index (χ4n) is 1.71. The number of aliphatic hydroxyl groups is 1. The number of rotatable bonds is 5. The summed E-state index contributed by atoms with van der Waals surface area (Å²) in [7, 11) is 0. The molecule has 0 saturated carbocycles. The third-order valence-electron chi connectivity index (χ3n) is 2.72. The average molecular weight is 220 g/mol. The van der Waals surface area contributed by atoms with Crippen LogP contribution in [0.15, 0.2) is 12.7 Å². The topological polar surface area (TPSA) is 74.7 Å². The summed E-state index contributed by atoms with van der Waals surface area (Å²) in [6.07, 6.45) is 6.11. The molecule has 16 heavy (non-hydrogen) atoms. The van der Waals surface area contributed by atoms with Gasteiger partial charge in [-0.2, -0.15) is 0 Å². The molecule has 2 rings (SSSR count). The molecular formula is C11H16N4O. The van der Waals surface area contributed by atoms with Crippen LogP contribution in [0.4, 0.5) is 0 Å². The highest BCUT2D eigenvalue weighted by Crippen LogP contribution is 2.14. The molecule has 0 fully saturated rings. The number of nitrogens with one attached hydrogen (secondary N) is 1. The zero-order valence-corrected chi connectivity index (χ0v) is 9.35. The monoisotopic (exact) mass is 220 g/mol. The molecule has 5 heteroatoms. The van der Waals surface area contributed by atoms with Gasteiger partial charge in [0, 0.05) is 6.61 Å². The van der Waals surface area contributed by atoms with Crippen molar-refractivity contribution in [1.29, 1.82) is 0 Å². The van der Waals surface area contributed by atoms with Crippen molar-refractivity contribution in [2.75, 3.05) is 6.61 Å². The van der Waals surface area contributed by atoms with Crippen molar-refractivity contribution in [1.82, 2.24) is 19.9 Å². The molecule has 0 aliphatic carbocycles. The molecule has 0 spiro atoms. The molecule has 2 aromatic heterocycles. The van der Waals surface area contributed by atoms with Gasteiger partial charge in [0.25, 0.3) is 0 Å². The highest BCUT2D eigenvalue weighted by molar-refractivity contribution is 5.71. The minimum Gasteiger partial charge on any atom is -0.396 e. The van der Waals surface area contributed by atoms with Crippen LogP contribution in [-0.4, -0.2) is 31.6 Å². The maximum atomic E-state index is 8.93. The van der Waals surface area contributed by atoms with Crippen molar-refractivity contribution in [3.05, 3.63) is 18.3 Å². The molecule has 5 nitrogen and oxygen atoms in total. The Kier molecular flexibility index (Phi) is 3.46. The lowest BCUT2D eigenvalue weighted by molar-refractivity contribution is 0.228. The predicted molar refractivity (Wildman–Crippen MR) is 60.9 cm³/mol. The van der Waals surface area contributed by atoms with E-state index in [1.54, 1.807) is 12.7 Å². The van der Waals surface area contributed by atoms with Crippen LogP contribution in [0.3, 0.4) is 0 Å². The number of hydrogen-bond acceptors (Lipinski definition) is 4. The van der Waals surface area contributed by atoms with Crippen LogP contribution in [0.25, 0.3) is 11.2 Å². The Morgan fingerprint density at radius 2 is 2.25 bits per heavy atom. The molecule has 1 atom stereocenters. The van der Waals surface area contributed by atoms with Gasteiger partial charge in [0.05, 0.1) is 12.0 Å². The molecule has 0 aliphatic rings. The summed E-state index contributed by atoms with van der Waals surface area (Å²) >= 11 is 0. The summed E-state index contributed by atoms with van der Waals surface area (Å²) in [6.45, 7) is 2.30. The van der Waals surface area contributed by atoms with Gasteiger partial charge in [-0.15, -0.1) is 0 Å². The summed E-state index contributed by atoms with van der Waals surface area (Å²) in [4.78, 5) is 15.5. The third kappa shape index (κ3) is 2.36. The Morgan fingerprint density at radius 3 is 3.06 bits per heavy atom. The molecule has 0 bridgehead atoms. The van der Waals surface area contributed by atoms with Crippen LogP contribution >= 0.6 is 0 Å². The second kappa shape index (κ2) is 5.03. The Bertz CT molecular complexity index is 454. The summed E-state index contributed by atoms with van der Waals surface area (Å²) < 4.78 is 0. The molecule has 2 aromatic rings. The van der Waals surface area contributed by atoms with Gasteiger partial charge in [-0.3, -0.25) is 0 Å². The van der Waals surface area contributed by atoms with E-state index >= 15 is 0 Å². The molecule has 86 valence electrons. The average Bonchev–Trinajstić information content (AvgIpc) is 2.77. The van der Waals surface area contributed by atoms with E-state index in [-0.39, 0.29) is 6.61 Å². The highest BCUT2D eigenvalue weighted by Gasteiger charge is 2.06. The number of aromatic amines is 1. The van der Waals surface area contributed by atoms with Gasteiger partial charge in [-0.25, -0.2) is 15.0 Å². The van der Waals surface area contributed by atoms with Gasteiger partial charge in [-0.1, -0.05) is 6.92 Å². The lowest BCUT2D eigenvalue weighted by Crippen LogP contribution is -2.02. The summed E-state index contributed by atoms with van der Waals surface area (Å²) in [5.74, 6) is 0.360. The maximum Gasteiger partial charge on any atom is 0.180 e. The lowest BCUT2D eigenvalue weighted by Gasteiger charge is -2.06. The van der Waals surface area contributed by atoms with E-state index in [1.165, 1.54) is 0 Å². The van der Waals surface area contributed by atoms with E-state index in [1.807, 2.05) is 6.92 Å². The van der Waals surface area contributed by atoms with E-state index in [2.05, 4.69) is 19.9 Å². The van der Waals surface area contributed by atoms with Gasteiger partial charge in [0.1, 0.15) is 11.8 Å². The standard InChI is InChI=1S/C11H16N4O/c1-8(5-16)3-2-4-9-10-11(14-6-12-9)15-7-13-10/h6-8,16H,2-5H2,1H3,(H,12,13,14,15). The van der Waals surface area contributed by atoms with Crippen molar-refractivity contribution in [3.8, 4) is 0 Å².